The predicted molar refractivity (Wildman–Crippen MR) is 179 cm³/mol. The van der Waals surface area contributed by atoms with Crippen LogP contribution in [0.4, 0.5) is 22.2 Å². The number of benzene rings is 3. The maximum atomic E-state index is 13.8. The number of amides is 1. The van der Waals surface area contributed by atoms with Crippen LogP contribution in [0.2, 0.25) is 0 Å². The van der Waals surface area contributed by atoms with E-state index in [1.165, 1.54) is 4.90 Å². The van der Waals surface area contributed by atoms with E-state index in [1.807, 2.05) is 74.5 Å². The molecule has 3 aromatic carbocycles. The number of para-hydroxylation sites is 2. The number of piperazine rings is 1. The van der Waals surface area contributed by atoms with E-state index in [-0.39, 0.29) is 6.54 Å². The van der Waals surface area contributed by atoms with Gasteiger partial charge in [-0.1, -0.05) is 36.4 Å². The number of ether oxygens (including phenoxy) is 4. The third-order valence-electron chi connectivity index (χ3n) is 7.94. The Kier molecular flexibility index (Phi) is 10.9. The SMILES string of the molecule is COc1ccccc1CN(C(=O)Oc1c(C)cccc1C)c1ccnc(Nc2ccc(OCCN3CCN(C)CC3)c(OC)c2)n1. The van der Waals surface area contributed by atoms with Gasteiger partial charge in [0, 0.05) is 56.2 Å². The van der Waals surface area contributed by atoms with Crippen LogP contribution in [-0.4, -0.2) is 86.5 Å². The van der Waals surface area contributed by atoms with Crippen molar-refractivity contribution in [2.24, 2.45) is 0 Å². The summed E-state index contributed by atoms with van der Waals surface area (Å²) in [5, 5.41) is 3.23. The smallest absolute Gasteiger partial charge is 0.421 e. The van der Waals surface area contributed by atoms with Gasteiger partial charge >= 0.3 is 6.09 Å². The lowest BCUT2D eigenvalue weighted by molar-refractivity contribution is 0.133. The number of hydrogen-bond acceptors (Lipinski definition) is 10. The van der Waals surface area contributed by atoms with Gasteiger partial charge in [0.15, 0.2) is 11.5 Å². The molecule has 1 amide bonds. The number of hydrogen-bond donors (Lipinski definition) is 1. The summed E-state index contributed by atoms with van der Waals surface area (Å²) in [5.74, 6) is 3.08. The molecule has 0 aliphatic carbocycles. The number of carbonyl (C=O) groups is 1. The van der Waals surface area contributed by atoms with Crippen LogP contribution in [-0.2, 0) is 6.54 Å². The topological polar surface area (TPSA) is 102 Å². The van der Waals surface area contributed by atoms with Crippen molar-refractivity contribution in [3.8, 4) is 23.0 Å². The molecule has 1 aliphatic rings. The highest BCUT2D eigenvalue weighted by Gasteiger charge is 2.24. The van der Waals surface area contributed by atoms with E-state index >= 15 is 0 Å². The van der Waals surface area contributed by atoms with Crippen molar-refractivity contribution in [3.63, 3.8) is 0 Å². The van der Waals surface area contributed by atoms with Crippen molar-refractivity contribution in [1.82, 2.24) is 19.8 Å². The molecule has 46 heavy (non-hydrogen) atoms. The number of nitrogens with zero attached hydrogens (tertiary/aromatic N) is 5. The number of anilines is 3. The number of carbonyl (C=O) groups excluding carboxylic acids is 1. The van der Waals surface area contributed by atoms with E-state index in [2.05, 4.69) is 27.1 Å². The Labute approximate surface area is 270 Å². The zero-order valence-corrected chi connectivity index (χ0v) is 27.2. The molecule has 11 nitrogen and oxygen atoms in total. The lowest BCUT2D eigenvalue weighted by atomic mass is 10.1. The first-order valence-electron chi connectivity index (χ1n) is 15.3. The Morgan fingerprint density at radius 2 is 1.63 bits per heavy atom. The minimum atomic E-state index is -0.576. The summed E-state index contributed by atoms with van der Waals surface area (Å²) in [6, 6.07) is 20.5. The van der Waals surface area contributed by atoms with Gasteiger partial charge in [0.2, 0.25) is 5.95 Å². The summed E-state index contributed by atoms with van der Waals surface area (Å²) in [4.78, 5) is 29.1. The molecule has 1 fully saturated rings. The first-order chi connectivity index (χ1) is 22.3. The third kappa shape index (κ3) is 8.23. The van der Waals surface area contributed by atoms with Crippen LogP contribution in [0.15, 0.2) is 72.9 Å². The lowest BCUT2D eigenvalue weighted by Crippen LogP contribution is -2.45. The molecule has 1 N–H and O–H groups in total. The van der Waals surface area contributed by atoms with Crippen molar-refractivity contribution in [2.75, 3.05) is 70.8 Å². The fourth-order valence-electron chi connectivity index (χ4n) is 5.26. The van der Waals surface area contributed by atoms with Crippen molar-refractivity contribution in [2.45, 2.75) is 20.4 Å². The molecule has 1 aliphatic heterocycles. The molecule has 0 bridgehead atoms. The van der Waals surface area contributed by atoms with E-state index < -0.39 is 6.09 Å². The van der Waals surface area contributed by atoms with Crippen LogP contribution in [0.5, 0.6) is 23.0 Å². The maximum absolute atomic E-state index is 13.8. The fourth-order valence-corrected chi connectivity index (χ4v) is 5.26. The highest BCUT2D eigenvalue weighted by Crippen LogP contribution is 2.32. The molecule has 4 aromatic rings. The number of methoxy groups -OCH3 is 2. The summed E-state index contributed by atoms with van der Waals surface area (Å²) in [6.45, 7) is 9.62. The molecule has 0 saturated carbocycles. The molecule has 1 aromatic heterocycles. The Morgan fingerprint density at radius 3 is 2.37 bits per heavy atom. The summed E-state index contributed by atoms with van der Waals surface area (Å²) in [7, 11) is 5.36. The number of likely N-dealkylation sites (N-methyl/N-ethyl adjacent to an activating group) is 1. The molecule has 5 rings (SSSR count). The quantitative estimate of drug-likeness (QED) is 0.211. The van der Waals surface area contributed by atoms with Gasteiger partial charge in [-0.05, 0) is 56.3 Å². The Hall–Kier alpha value is -4.87. The molecule has 242 valence electrons. The largest absolute Gasteiger partial charge is 0.496 e. The third-order valence-corrected chi connectivity index (χ3v) is 7.94. The predicted octanol–water partition coefficient (Wildman–Crippen LogP) is 5.69. The van der Waals surface area contributed by atoms with Gasteiger partial charge in [0.25, 0.3) is 0 Å². The fraction of sp³-hybridized carbons (Fsp3) is 0.343. The Balaban J connectivity index is 1.33. The van der Waals surface area contributed by atoms with Crippen LogP contribution in [0, 0.1) is 13.8 Å². The normalized spacial score (nSPS) is 13.6. The first-order valence-corrected chi connectivity index (χ1v) is 15.3. The van der Waals surface area contributed by atoms with Gasteiger partial charge in [0.05, 0.1) is 20.8 Å². The standard InChI is InChI=1S/C35H42N6O5/c1-25-9-8-10-26(2)33(25)46-35(42)41(24-27-11-6-7-12-29(27)43-4)32-15-16-36-34(38-32)37-28-13-14-30(31(23-28)44-5)45-22-21-40-19-17-39(3)18-20-40/h6-16,23H,17-22,24H2,1-5H3,(H,36,37,38). The van der Waals surface area contributed by atoms with Gasteiger partial charge in [-0.3, -0.25) is 9.80 Å². The van der Waals surface area contributed by atoms with Crippen LogP contribution in [0.25, 0.3) is 0 Å². The highest BCUT2D eigenvalue weighted by atomic mass is 16.6. The monoisotopic (exact) mass is 626 g/mol. The van der Waals surface area contributed by atoms with Crippen molar-refractivity contribution >= 4 is 23.5 Å². The first kappa shape index (κ1) is 32.5. The highest BCUT2D eigenvalue weighted by molar-refractivity contribution is 5.88. The average molecular weight is 627 g/mol. The number of rotatable bonds is 12. The summed E-state index contributed by atoms with van der Waals surface area (Å²) >= 11 is 0. The van der Waals surface area contributed by atoms with Gasteiger partial charge in [-0.2, -0.15) is 4.98 Å². The minimum Gasteiger partial charge on any atom is -0.496 e. The van der Waals surface area contributed by atoms with E-state index in [0.29, 0.717) is 47.1 Å². The molecule has 0 atom stereocenters. The van der Waals surface area contributed by atoms with Gasteiger partial charge < -0.3 is 29.2 Å². The van der Waals surface area contributed by atoms with E-state index in [0.717, 1.165) is 49.4 Å². The lowest BCUT2D eigenvalue weighted by Gasteiger charge is -2.32. The van der Waals surface area contributed by atoms with Crippen molar-refractivity contribution in [1.29, 1.82) is 0 Å². The van der Waals surface area contributed by atoms with Gasteiger partial charge in [0.1, 0.15) is 23.9 Å². The Morgan fingerprint density at radius 1 is 0.891 bits per heavy atom. The molecular formula is C35H42N6O5. The molecule has 1 saturated heterocycles. The van der Waals surface area contributed by atoms with E-state index in [4.69, 9.17) is 23.9 Å². The molecule has 0 unspecified atom stereocenters. The molecule has 11 heteroatoms. The van der Waals surface area contributed by atoms with E-state index in [9.17, 15) is 4.79 Å². The van der Waals surface area contributed by atoms with Gasteiger partial charge in [-0.15, -0.1) is 0 Å². The van der Waals surface area contributed by atoms with Gasteiger partial charge in [-0.25, -0.2) is 9.78 Å². The minimum absolute atomic E-state index is 0.165. The molecule has 0 radical (unpaired) electrons. The zero-order chi connectivity index (χ0) is 32.5. The number of aryl methyl sites for hydroxylation is 2. The molecule has 2 heterocycles. The number of aromatic nitrogens is 2. The second kappa shape index (κ2) is 15.4. The summed E-state index contributed by atoms with van der Waals surface area (Å²) in [5.41, 5.74) is 3.21. The number of nitrogens with one attached hydrogen (secondary N) is 1. The Bertz CT molecular complexity index is 1600. The van der Waals surface area contributed by atoms with E-state index in [1.54, 1.807) is 26.5 Å². The van der Waals surface area contributed by atoms with Crippen LogP contribution in [0.3, 0.4) is 0 Å². The van der Waals surface area contributed by atoms with Crippen LogP contribution < -0.4 is 29.2 Å². The molecule has 0 spiro atoms. The second-order valence-corrected chi connectivity index (χ2v) is 11.2. The van der Waals surface area contributed by atoms with Crippen LogP contribution >= 0.6 is 0 Å². The maximum Gasteiger partial charge on any atom is 0.421 e. The summed E-state index contributed by atoms with van der Waals surface area (Å²) < 4.78 is 23.2. The second-order valence-electron chi connectivity index (χ2n) is 11.2. The van der Waals surface area contributed by atoms with Crippen molar-refractivity contribution < 1.29 is 23.7 Å². The van der Waals surface area contributed by atoms with Crippen LogP contribution in [0.1, 0.15) is 16.7 Å². The van der Waals surface area contributed by atoms with Crippen molar-refractivity contribution in [3.05, 3.63) is 89.6 Å². The average Bonchev–Trinajstić information content (AvgIpc) is 3.07. The summed E-state index contributed by atoms with van der Waals surface area (Å²) in [6.07, 6.45) is 1.02. The zero-order valence-electron chi connectivity index (χ0n) is 27.2. The molecular weight excluding hydrogens is 584 g/mol.